The van der Waals surface area contributed by atoms with Crippen LogP contribution in [-0.2, 0) is 10.9 Å². The van der Waals surface area contributed by atoms with Gasteiger partial charge in [-0.25, -0.2) is 13.1 Å². The SMILES string of the molecule is O=[SH](=O)NCCC1CCCCC1COc1ccc2ccccc2c1. The standard InChI is InChI=1S/C19H25NO3S/c21-24(22)20-12-11-16-6-2-4-8-18(16)14-23-19-10-9-15-5-1-3-7-17(15)13-19/h1,3,5,7,9-10,13,16,18,24H,2,4,6,8,11-12,14H2,(H,20,21,22). The van der Waals surface area contributed by atoms with Crippen LogP contribution in [0.15, 0.2) is 42.5 Å². The quantitative estimate of drug-likeness (QED) is 0.754. The van der Waals surface area contributed by atoms with Gasteiger partial charge in [-0.15, -0.1) is 0 Å². The van der Waals surface area contributed by atoms with Gasteiger partial charge in [0.2, 0.25) is 10.9 Å². The molecule has 2 unspecified atom stereocenters. The third kappa shape index (κ3) is 4.71. The molecule has 0 heterocycles. The zero-order valence-corrected chi connectivity index (χ0v) is 14.7. The summed E-state index contributed by atoms with van der Waals surface area (Å²) in [6, 6.07) is 14.5. The van der Waals surface area contributed by atoms with Crippen LogP contribution in [0, 0.1) is 11.8 Å². The van der Waals surface area contributed by atoms with Crippen molar-refractivity contribution < 1.29 is 13.2 Å². The van der Waals surface area contributed by atoms with Crippen molar-refractivity contribution in [1.29, 1.82) is 0 Å². The lowest BCUT2D eigenvalue weighted by molar-refractivity contribution is 0.143. The molecule has 0 bridgehead atoms. The van der Waals surface area contributed by atoms with E-state index in [4.69, 9.17) is 4.74 Å². The lowest BCUT2D eigenvalue weighted by Gasteiger charge is -2.31. The van der Waals surface area contributed by atoms with E-state index < -0.39 is 10.9 Å². The maximum absolute atomic E-state index is 10.6. The topological polar surface area (TPSA) is 55.4 Å². The molecule has 0 radical (unpaired) electrons. The van der Waals surface area contributed by atoms with Crippen LogP contribution >= 0.6 is 0 Å². The minimum Gasteiger partial charge on any atom is -0.493 e. The normalized spacial score (nSPS) is 21.2. The molecule has 0 saturated heterocycles. The highest BCUT2D eigenvalue weighted by molar-refractivity contribution is 7.70. The molecular formula is C19H25NO3S. The van der Waals surface area contributed by atoms with Gasteiger partial charge in [0.15, 0.2) is 0 Å². The molecule has 2 atom stereocenters. The van der Waals surface area contributed by atoms with Crippen LogP contribution in [-0.4, -0.2) is 21.6 Å². The summed E-state index contributed by atoms with van der Waals surface area (Å²) < 4.78 is 29.9. The Balaban J connectivity index is 1.57. The second-order valence-corrected chi connectivity index (χ2v) is 7.41. The minimum absolute atomic E-state index is 0.511. The van der Waals surface area contributed by atoms with Gasteiger partial charge in [-0.05, 0) is 47.6 Å². The number of fused-ring (bicyclic) bond motifs is 1. The van der Waals surface area contributed by atoms with Gasteiger partial charge in [-0.2, -0.15) is 0 Å². The molecule has 0 aromatic heterocycles. The number of benzene rings is 2. The zero-order chi connectivity index (χ0) is 16.8. The Bertz CT molecular complexity index is 736. The molecule has 24 heavy (non-hydrogen) atoms. The Morgan fingerprint density at radius 3 is 2.54 bits per heavy atom. The van der Waals surface area contributed by atoms with E-state index in [1.165, 1.54) is 36.5 Å². The van der Waals surface area contributed by atoms with Crippen LogP contribution in [0.2, 0.25) is 0 Å². The summed E-state index contributed by atoms with van der Waals surface area (Å²) in [5, 5.41) is 2.41. The van der Waals surface area contributed by atoms with E-state index >= 15 is 0 Å². The molecule has 2 aromatic carbocycles. The van der Waals surface area contributed by atoms with Crippen molar-refractivity contribution in [3.05, 3.63) is 42.5 Å². The molecule has 1 fully saturated rings. The molecule has 130 valence electrons. The van der Waals surface area contributed by atoms with E-state index in [0.717, 1.165) is 12.2 Å². The highest BCUT2D eigenvalue weighted by Crippen LogP contribution is 2.33. The van der Waals surface area contributed by atoms with E-state index in [1.807, 2.05) is 18.2 Å². The summed E-state index contributed by atoms with van der Waals surface area (Å²) >= 11 is 0. The maximum Gasteiger partial charge on any atom is 0.201 e. The number of rotatable bonds is 7. The van der Waals surface area contributed by atoms with Crippen molar-refractivity contribution in [2.45, 2.75) is 32.1 Å². The van der Waals surface area contributed by atoms with E-state index in [-0.39, 0.29) is 0 Å². The van der Waals surface area contributed by atoms with Crippen LogP contribution in [0.4, 0.5) is 0 Å². The number of nitrogens with one attached hydrogen (secondary N) is 1. The fraction of sp³-hybridized carbons (Fsp3) is 0.474. The molecule has 1 N–H and O–H groups in total. The Kier molecular flexibility index (Phi) is 6.10. The molecule has 5 heteroatoms. The first-order valence-corrected chi connectivity index (χ1v) is 9.89. The van der Waals surface area contributed by atoms with Crippen molar-refractivity contribution in [2.75, 3.05) is 13.2 Å². The molecule has 0 spiro atoms. The highest BCUT2D eigenvalue weighted by Gasteiger charge is 2.25. The molecule has 2 aromatic rings. The van der Waals surface area contributed by atoms with E-state index in [1.54, 1.807) is 0 Å². The van der Waals surface area contributed by atoms with Gasteiger partial charge in [-0.3, -0.25) is 0 Å². The number of thiol groups is 1. The summed E-state index contributed by atoms with van der Waals surface area (Å²) in [6.07, 6.45) is 5.71. The Morgan fingerprint density at radius 1 is 1.00 bits per heavy atom. The minimum atomic E-state index is -2.48. The summed E-state index contributed by atoms with van der Waals surface area (Å²) in [4.78, 5) is 0. The fourth-order valence-electron chi connectivity index (χ4n) is 3.69. The molecule has 1 aliphatic rings. The predicted octanol–water partition coefficient (Wildman–Crippen LogP) is 3.53. The molecule has 1 saturated carbocycles. The molecule has 1 aliphatic carbocycles. The summed E-state index contributed by atoms with van der Waals surface area (Å²) in [5.74, 6) is 1.97. The van der Waals surface area contributed by atoms with Gasteiger partial charge in [0, 0.05) is 6.54 Å². The Labute approximate surface area is 145 Å². The first kappa shape index (κ1) is 17.2. The maximum atomic E-state index is 10.6. The van der Waals surface area contributed by atoms with Gasteiger partial charge >= 0.3 is 0 Å². The van der Waals surface area contributed by atoms with Crippen LogP contribution in [0.25, 0.3) is 10.8 Å². The first-order chi connectivity index (χ1) is 11.7. The molecule has 0 aliphatic heterocycles. The third-order valence-electron chi connectivity index (χ3n) is 5.01. The van der Waals surface area contributed by atoms with Crippen molar-refractivity contribution >= 4 is 21.7 Å². The van der Waals surface area contributed by atoms with E-state index in [0.29, 0.717) is 25.0 Å². The Morgan fingerprint density at radius 2 is 1.75 bits per heavy atom. The lowest BCUT2D eigenvalue weighted by atomic mass is 9.78. The van der Waals surface area contributed by atoms with Crippen LogP contribution < -0.4 is 9.46 Å². The van der Waals surface area contributed by atoms with Crippen LogP contribution in [0.5, 0.6) is 5.75 Å². The third-order valence-corrected chi connectivity index (χ3v) is 5.49. The van der Waals surface area contributed by atoms with Crippen molar-refractivity contribution in [1.82, 2.24) is 4.72 Å². The van der Waals surface area contributed by atoms with Crippen LogP contribution in [0.3, 0.4) is 0 Å². The second kappa shape index (κ2) is 8.49. The summed E-state index contributed by atoms with van der Waals surface area (Å²) in [5.41, 5.74) is 0. The zero-order valence-electron chi connectivity index (χ0n) is 13.8. The predicted molar refractivity (Wildman–Crippen MR) is 97.8 cm³/mol. The Hall–Kier alpha value is -1.59. The average Bonchev–Trinajstić information content (AvgIpc) is 2.60. The summed E-state index contributed by atoms with van der Waals surface area (Å²) in [7, 11) is -2.48. The number of ether oxygens (including phenoxy) is 1. The number of hydrogen-bond donors (Lipinski definition) is 2. The number of hydrogen-bond acceptors (Lipinski definition) is 3. The molecule has 4 nitrogen and oxygen atoms in total. The van der Waals surface area contributed by atoms with Crippen molar-refractivity contribution in [3.63, 3.8) is 0 Å². The van der Waals surface area contributed by atoms with Crippen LogP contribution in [0.1, 0.15) is 32.1 Å². The molecule has 3 rings (SSSR count). The summed E-state index contributed by atoms with van der Waals surface area (Å²) in [6.45, 7) is 1.25. The van der Waals surface area contributed by atoms with E-state index in [2.05, 4.69) is 29.0 Å². The largest absolute Gasteiger partial charge is 0.493 e. The van der Waals surface area contributed by atoms with Gasteiger partial charge in [0.25, 0.3) is 0 Å². The van der Waals surface area contributed by atoms with Gasteiger partial charge in [0.05, 0.1) is 6.61 Å². The van der Waals surface area contributed by atoms with Gasteiger partial charge in [0.1, 0.15) is 5.75 Å². The lowest BCUT2D eigenvalue weighted by Crippen LogP contribution is -2.28. The van der Waals surface area contributed by atoms with E-state index in [9.17, 15) is 8.42 Å². The smallest absolute Gasteiger partial charge is 0.201 e. The van der Waals surface area contributed by atoms with Crippen molar-refractivity contribution in [2.24, 2.45) is 11.8 Å². The van der Waals surface area contributed by atoms with Gasteiger partial charge < -0.3 is 4.74 Å². The molecule has 0 amide bonds. The molecular weight excluding hydrogens is 322 g/mol. The first-order valence-electron chi connectivity index (χ1n) is 8.72. The fourth-order valence-corrected chi connectivity index (χ4v) is 4.00. The van der Waals surface area contributed by atoms with Gasteiger partial charge in [-0.1, -0.05) is 49.6 Å². The second-order valence-electron chi connectivity index (χ2n) is 6.58. The monoisotopic (exact) mass is 347 g/mol. The van der Waals surface area contributed by atoms with Crippen molar-refractivity contribution in [3.8, 4) is 5.75 Å². The highest BCUT2D eigenvalue weighted by atomic mass is 32.2. The average molecular weight is 347 g/mol.